The molecule has 4 amide bonds. The lowest BCUT2D eigenvalue weighted by atomic mass is 10.1. The van der Waals surface area contributed by atoms with Gasteiger partial charge in [-0.05, 0) is 54.6 Å². The summed E-state index contributed by atoms with van der Waals surface area (Å²) < 4.78 is 25.1. The smallest absolute Gasteiger partial charge is 0.337 e. The van der Waals surface area contributed by atoms with Crippen LogP contribution < -0.4 is 15.0 Å². The van der Waals surface area contributed by atoms with Crippen LogP contribution in [0, 0.1) is 5.82 Å². The summed E-state index contributed by atoms with van der Waals surface area (Å²) in [5.74, 6) is -2.46. The van der Waals surface area contributed by atoms with E-state index in [1.165, 1.54) is 43.5 Å². The highest BCUT2D eigenvalue weighted by Crippen LogP contribution is 2.29. The third-order valence-corrected chi connectivity index (χ3v) is 5.75. The Labute approximate surface area is 213 Å². The number of rotatable bonds is 6. The second kappa shape index (κ2) is 10.5. The predicted octanol–water partition coefficient (Wildman–Crippen LogP) is 4.62. The maximum atomic E-state index is 14.0. The van der Waals surface area contributed by atoms with Gasteiger partial charge in [-0.25, -0.2) is 18.9 Å². The van der Waals surface area contributed by atoms with E-state index in [-0.39, 0.29) is 23.4 Å². The van der Waals surface area contributed by atoms with Crippen LogP contribution in [0.4, 0.5) is 14.9 Å². The second-order valence-corrected chi connectivity index (χ2v) is 8.47. The molecule has 0 aliphatic carbocycles. The van der Waals surface area contributed by atoms with Gasteiger partial charge in [0.15, 0.2) is 0 Å². The molecule has 1 fully saturated rings. The largest absolute Gasteiger partial charge is 0.488 e. The Morgan fingerprint density at radius 2 is 1.78 bits per heavy atom. The Morgan fingerprint density at radius 1 is 1.06 bits per heavy atom. The number of hydrogen-bond donors (Lipinski definition) is 1. The van der Waals surface area contributed by atoms with Crippen molar-refractivity contribution >= 4 is 51.5 Å². The van der Waals surface area contributed by atoms with E-state index >= 15 is 0 Å². The minimum Gasteiger partial charge on any atom is -0.488 e. The summed E-state index contributed by atoms with van der Waals surface area (Å²) in [4.78, 5) is 50.8. The molecule has 1 aliphatic heterocycles. The van der Waals surface area contributed by atoms with E-state index in [1.807, 2.05) is 0 Å². The quantitative estimate of drug-likeness (QED) is 0.272. The highest BCUT2D eigenvalue weighted by Gasteiger charge is 2.37. The molecule has 0 unspecified atom stereocenters. The SMILES string of the molecule is COC(=O)c1ccc(N2C(=O)NC(=O)/C(=C\c3cc(Br)ccc3OCc3ccccc3F)C2=O)cc1. The topological polar surface area (TPSA) is 102 Å². The minimum atomic E-state index is -0.932. The first kappa shape index (κ1) is 24.8. The number of anilines is 1. The number of esters is 1. The van der Waals surface area contributed by atoms with Crippen LogP contribution in [0.5, 0.6) is 5.75 Å². The van der Waals surface area contributed by atoms with Gasteiger partial charge in [0.2, 0.25) is 0 Å². The Hall–Kier alpha value is -4.31. The van der Waals surface area contributed by atoms with Crippen LogP contribution in [-0.4, -0.2) is 30.9 Å². The predicted molar refractivity (Wildman–Crippen MR) is 132 cm³/mol. The molecule has 36 heavy (non-hydrogen) atoms. The fraction of sp³-hybridized carbons (Fsp3) is 0.0769. The highest BCUT2D eigenvalue weighted by atomic mass is 79.9. The van der Waals surface area contributed by atoms with Crippen molar-refractivity contribution in [3.8, 4) is 5.75 Å². The van der Waals surface area contributed by atoms with Crippen LogP contribution >= 0.6 is 15.9 Å². The number of amides is 4. The van der Waals surface area contributed by atoms with Crippen LogP contribution in [-0.2, 0) is 20.9 Å². The molecule has 0 aromatic heterocycles. The first-order valence-corrected chi connectivity index (χ1v) is 11.3. The molecular weight excluding hydrogens is 535 g/mol. The number of urea groups is 1. The molecule has 0 bridgehead atoms. The van der Waals surface area contributed by atoms with E-state index in [0.717, 1.165) is 4.90 Å². The van der Waals surface area contributed by atoms with Crippen LogP contribution in [0.3, 0.4) is 0 Å². The molecule has 1 aliphatic rings. The number of nitrogens with zero attached hydrogens (tertiary/aromatic N) is 1. The number of carbonyl (C=O) groups is 4. The van der Waals surface area contributed by atoms with Crippen molar-refractivity contribution in [3.05, 3.63) is 99.3 Å². The van der Waals surface area contributed by atoms with Crippen molar-refractivity contribution in [3.63, 3.8) is 0 Å². The third-order valence-electron chi connectivity index (χ3n) is 5.26. The van der Waals surface area contributed by atoms with Gasteiger partial charge < -0.3 is 9.47 Å². The summed E-state index contributed by atoms with van der Waals surface area (Å²) in [6, 6.07) is 15.7. The van der Waals surface area contributed by atoms with E-state index in [4.69, 9.17) is 4.74 Å². The van der Waals surface area contributed by atoms with Gasteiger partial charge in [-0.1, -0.05) is 34.1 Å². The van der Waals surface area contributed by atoms with Gasteiger partial charge in [0.1, 0.15) is 23.7 Å². The summed E-state index contributed by atoms with van der Waals surface area (Å²) >= 11 is 3.35. The standard InChI is InChI=1S/C26H18BrFN2O6/c1-35-25(33)15-6-9-19(10-7-15)30-24(32)20(23(31)29-26(30)34)13-17-12-18(27)8-11-22(17)36-14-16-4-2-3-5-21(16)28/h2-13H,14H2,1H3,(H,29,31,34)/b20-13+. The molecule has 8 nitrogen and oxygen atoms in total. The van der Waals surface area contributed by atoms with E-state index in [9.17, 15) is 23.6 Å². The average molecular weight is 553 g/mol. The van der Waals surface area contributed by atoms with Gasteiger partial charge in [0.25, 0.3) is 11.8 Å². The van der Waals surface area contributed by atoms with Crippen molar-refractivity contribution in [1.29, 1.82) is 0 Å². The van der Waals surface area contributed by atoms with Crippen molar-refractivity contribution in [2.75, 3.05) is 12.0 Å². The Kier molecular flexibility index (Phi) is 7.25. The molecule has 10 heteroatoms. The first-order valence-electron chi connectivity index (χ1n) is 10.5. The number of hydrogen-bond acceptors (Lipinski definition) is 6. The summed E-state index contributed by atoms with van der Waals surface area (Å²) in [6.07, 6.45) is 1.29. The first-order chi connectivity index (χ1) is 17.3. The molecule has 1 N–H and O–H groups in total. The van der Waals surface area contributed by atoms with Gasteiger partial charge in [0, 0.05) is 15.6 Å². The third kappa shape index (κ3) is 5.18. The molecule has 182 valence electrons. The fourth-order valence-corrected chi connectivity index (χ4v) is 3.83. The van der Waals surface area contributed by atoms with Crippen molar-refractivity contribution in [2.45, 2.75) is 6.61 Å². The number of ether oxygens (including phenoxy) is 2. The minimum absolute atomic E-state index is 0.0816. The van der Waals surface area contributed by atoms with Crippen LogP contribution in [0.25, 0.3) is 6.08 Å². The molecule has 3 aromatic rings. The monoisotopic (exact) mass is 552 g/mol. The van der Waals surface area contributed by atoms with Gasteiger partial charge in [0.05, 0.1) is 18.4 Å². The van der Waals surface area contributed by atoms with E-state index < -0.39 is 29.6 Å². The molecule has 0 atom stereocenters. The Balaban J connectivity index is 1.66. The van der Waals surface area contributed by atoms with E-state index in [0.29, 0.717) is 21.3 Å². The molecule has 0 saturated carbocycles. The van der Waals surface area contributed by atoms with Crippen molar-refractivity contribution in [1.82, 2.24) is 5.32 Å². The highest BCUT2D eigenvalue weighted by molar-refractivity contribution is 9.10. The van der Waals surface area contributed by atoms with Crippen LogP contribution in [0.2, 0.25) is 0 Å². The summed E-state index contributed by atoms with van der Waals surface area (Å²) in [5, 5.41) is 2.14. The summed E-state index contributed by atoms with van der Waals surface area (Å²) in [5.41, 5.74) is 0.741. The fourth-order valence-electron chi connectivity index (χ4n) is 3.45. The lowest BCUT2D eigenvalue weighted by Crippen LogP contribution is -2.54. The van der Waals surface area contributed by atoms with Gasteiger partial charge >= 0.3 is 12.0 Å². The Bertz CT molecular complexity index is 1400. The molecule has 0 spiro atoms. The van der Waals surface area contributed by atoms with Gasteiger partial charge in [-0.3, -0.25) is 14.9 Å². The van der Waals surface area contributed by atoms with Crippen molar-refractivity contribution < 1.29 is 33.0 Å². The second-order valence-electron chi connectivity index (χ2n) is 7.56. The average Bonchev–Trinajstić information content (AvgIpc) is 2.86. The lowest BCUT2D eigenvalue weighted by Gasteiger charge is -2.26. The zero-order valence-electron chi connectivity index (χ0n) is 18.8. The zero-order chi connectivity index (χ0) is 25.8. The number of barbiturate groups is 1. The Morgan fingerprint density at radius 3 is 2.47 bits per heavy atom. The molecule has 0 radical (unpaired) electrons. The number of imide groups is 2. The van der Waals surface area contributed by atoms with E-state index in [2.05, 4.69) is 26.0 Å². The van der Waals surface area contributed by atoms with Gasteiger partial charge in [-0.2, -0.15) is 0 Å². The van der Waals surface area contributed by atoms with Crippen LogP contribution in [0.15, 0.2) is 76.8 Å². The molecule has 1 heterocycles. The summed E-state index contributed by atoms with van der Waals surface area (Å²) in [7, 11) is 1.23. The van der Waals surface area contributed by atoms with E-state index in [1.54, 1.807) is 36.4 Å². The number of benzene rings is 3. The van der Waals surface area contributed by atoms with Gasteiger partial charge in [-0.15, -0.1) is 0 Å². The normalized spacial score (nSPS) is 14.6. The number of carbonyl (C=O) groups excluding carboxylic acids is 4. The summed E-state index contributed by atoms with van der Waals surface area (Å²) in [6.45, 7) is -0.0816. The zero-order valence-corrected chi connectivity index (χ0v) is 20.4. The van der Waals surface area contributed by atoms with Crippen molar-refractivity contribution in [2.24, 2.45) is 0 Å². The number of halogens is 2. The maximum Gasteiger partial charge on any atom is 0.337 e. The number of nitrogens with one attached hydrogen (secondary N) is 1. The molecule has 1 saturated heterocycles. The number of methoxy groups -OCH3 is 1. The maximum absolute atomic E-state index is 14.0. The lowest BCUT2D eigenvalue weighted by molar-refractivity contribution is -0.122. The molecular formula is C26H18BrFN2O6. The van der Waals surface area contributed by atoms with Crippen LogP contribution in [0.1, 0.15) is 21.5 Å². The molecule has 3 aromatic carbocycles. The molecule has 4 rings (SSSR count).